The Labute approximate surface area is 111 Å². The van der Waals surface area contributed by atoms with Gasteiger partial charge in [-0.1, -0.05) is 30.7 Å². The Morgan fingerprint density at radius 3 is 2.76 bits per heavy atom. The van der Waals surface area contributed by atoms with E-state index in [1.165, 1.54) is 16.0 Å². The molecule has 0 aliphatic carbocycles. The summed E-state index contributed by atoms with van der Waals surface area (Å²) in [7, 11) is 0. The summed E-state index contributed by atoms with van der Waals surface area (Å²) in [5.41, 5.74) is 9.28. The molecule has 1 aromatic heterocycles. The third kappa shape index (κ3) is 2.71. The van der Waals surface area contributed by atoms with Crippen molar-refractivity contribution in [2.75, 3.05) is 6.54 Å². The normalized spacial score (nSPS) is 12.7. The molecule has 90 valence electrons. The van der Waals surface area contributed by atoms with Crippen LogP contribution >= 0.6 is 22.9 Å². The zero-order chi connectivity index (χ0) is 12.4. The third-order valence-electron chi connectivity index (χ3n) is 3.00. The molecule has 0 amide bonds. The minimum atomic E-state index is 0.418. The van der Waals surface area contributed by atoms with Crippen molar-refractivity contribution in [3.05, 3.63) is 45.8 Å². The van der Waals surface area contributed by atoms with E-state index in [2.05, 4.69) is 30.5 Å². The Morgan fingerprint density at radius 2 is 2.12 bits per heavy atom. The molecule has 0 fully saturated rings. The number of halogens is 1. The van der Waals surface area contributed by atoms with Gasteiger partial charge in [-0.25, -0.2) is 0 Å². The van der Waals surface area contributed by atoms with Crippen molar-refractivity contribution in [1.29, 1.82) is 0 Å². The van der Waals surface area contributed by atoms with E-state index in [9.17, 15) is 0 Å². The molecule has 0 aliphatic heterocycles. The predicted octanol–water partition coefficient (Wildman–Crippen LogP) is 4.44. The minimum absolute atomic E-state index is 0.418. The summed E-state index contributed by atoms with van der Waals surface area (Å²) in [5, 5.41) is 3.00. The fourth-order valence-electron chi connectivity index (χ4n) is 1.64. The zero-order valence-corrected chi connectivity index (χ0v) is 11.6. The highest BCUT2D eigenvalue weighted by atomic mass is 35.5. The summed E-state index contributed by atoms with van der Waals surface area (Å²) in [4.78, 5) is 1.25. The fourth-order valence-corrected chi connectivity index (χ4v) is 2.85. The van der Waals surface area contributed by atoms with Gasteiger partial charge in [0.1, 0.15) is 0 Å². The first kappa shape index (κ1) is 12.6. The van der Waals surface area contributed by atoms with Crippen molar-refractivity contribution in [1.82, 2.24) is 0 Å². The molecule has 0 spiro atoms. The van der Waals surface area contributed by atoms with E-state index in [0.717, 1.165) is 10.6 Å². The first-order valence-corrected chi connectivity index (χ1v) is 6.92. The molecular formula is C14H16ClNS. The van der Waals surface area contributed by atoms with Crippen LogP contribution < -0.4 is 5.73 Å². The molecule has 1 unspecified atom stereocenters. The Bertz CT molecular complexity index is 519. The standard InChI is InChI=1S/C14H16ClNS/c1-9-3-4-11(5-13(9)15)14-6-12(8-17-14)10(2)7-16/h3-6,8,10H,7,16H2,1-2H3. The van der Waals surface area contributed by atoms with Crippen LogP contribution in [0.2, 0.25) is 5.02 Å². The largest absolute Gasteiger partial charge is 0.330 e. The summed E-state index contributed by atoms with van der Waals surface area (Å²) < 4.78 is 0. The number of nitrogens with two attached hydrogens (primary N) is 1. The molecule has 2 rings (SSSR count). The van der Waals surface area contributed by atoms with Crippen LogP contribution in [-0.4, -0.2) is 6.54 Å². The maximum atomic E-state index is 6.14. The molecule has 2 N–H and O–H groups in total. The van der Waals surface area contributed by atoms with Crippen LogP contribution in [0, 0.1) is 6.92 Å². The lowest BCUT2D eigenvalue weighted by molar-refractivity contribution is 0.778. The average molecular weight is 266 g/mol. The van der Waals surface area contributed by atoms with Crippen LogP contribution in [0.4, 0.5) is 0 Å². The van der Waals surface area contributed by atoms with Crippen LogP contribution in [0.25, 0.3) is 10.4 Å². The molecule has 0 radical (unpaired) electrons. The highest BCUT2D eigenvalue weighted by Gasteiger charge is 2.08. The molecule has 0 saturated carbocycles. The lowest BCUT2D eigenvalue weighted by Gasteiger charge is -2.04. The van der Waals surface area contributed by atoms with Crippen molar-refractivity contribution in [3.63, 3.8) is 0 Å². The summed E-state index contributed by atoms with van der Waals surface area (Å²) in [6.07, 6.45) is 0. The quantitative estimate of drug-likeness (QED) is 0.872. The second-order valence-corrected chi connectivity index (χ2v) is 5.66. The van der Waals surface area contributed by atoms with E-state index in [1.54, 1.807) is 11.3 Å². The van der Waals surface area contributed by atoms with Gasteiger partial charge < -0.3 is 5.73 Å². The summed E-state index contributed by atoms with van der Waals surface area (Å²) >= 11 is 7.89. The topological polar surface area (TPSA) is 26.0 Å². The Morgan fingerprint density at radius 1 is 1.35 bits per heavy atom. The number of benzene rings is 1. The van der Waals surface area contributed by atoms with Crippen LogP contribution in [0.15, 0.2) is 29.6 Å². The monoisotopic (exact) mass is 265 g/mol. The van der Waals surface area contributed by atoms with Crippen LogP contribution in [0.5, 0.6) is 0 Å². The number of hydrogen-bond acceptors (Lipinski definition) is 2. The lowest BCUT2D eigenvalue weighted by atomic mass is 10.0. The van der Waals surface area contributed by atoms with Gasteiger partial charge in [-0.15, -0.1) is 11.3 Å². The van der Waals surface area contributed by atoms with Gasteiger partial charge in [-0.2, -0.15) is 0 Å². The Hall–Kier alpha value is -0.830. The van der Waals surface area contributed by atoms with E-state index in [-0.39, 0.29) is 0 Å². The van der Waals surface area contributed by atoms with E-state index in [4.69, 9.17) is 17.3 Å². The molecule has 1 nitrogen and oxygen atoms in total. The maximum absolute atomic E-state index is 6.14. The van der Waals surface area contributed by atoms with E-state index < -0.39 is 0 Å². The Kier molecular flexibility index (Phi) is 3.87. The smallest absolute Gasteiger partial charge is 0.0441 e. The van der Waals surface area contributed by atoms with Gasteiger partial charge in [0.05, 0.1) is 0 Å². The van der Waals surface area contributed by atoms with E-state index in [0.29, 0.717) is 12.5 Å². The highest BCUT2D eigenvalue weighted by Crippen LogP contribution is 2.32. The Balaban J connectivity index is 2.33. The molecule has 1 atom stereocenters. The summed E-state index contributed by atoms with van der Waals surface area (Å²) in [6, 6.07) is 8.41. The van der Waals surface area contributed by atoms with Crippen LogP contribution in [0.3, 0.4) is 0 Å². The van der Waals surface area contributed by atoms with Crippen molar-refractivity contribution in [2.45, 2.75) is 19.8 Å². The number of hydrogen-bond donors (Lipinski definition) is 1. The number of rotatable bonds is 3. The molecule has 0 saturated heterocycles. The lowest BCUT2D eigenvalue weighted by Crippen LogP contribution is -2.07. The van der Waals surface area contributed by atoms with Crippen LogP contribution in [-0.2, 0) is 0 Å². The molecule has 0 aliphatic rings. The van der Waals surface area contributed by atoms with Gasteiger partial charge in [0.15, 0.2) is 0 Å². The molecule has 1 aromatic carbocycles. The van der Waals surface area contributed by atoms with Crippen molar-refractivity contribution < 1.29 is 0 Å². The first-order chi connectivity index (χ1) is 8.11. The number of aryl methyl sites for hydroxylation is 1. The highest BCUT2D eigenvalue weighted by molar-refractivity contribution is 7.13. The zero-order valence-electron chi connectivity index (χ0n) is 10.0. The summed E-state index contributed by atoms with van der Waals surface area (Å²) in [5.74, 6) is 0.418. The maximum Gasteiger partial charge on any atom is 0.0441 e. The molecule has 2 aromatic rings. The van der Waals surface area contributed by atoms with Gasteiger partial charge >= 0.3 is 0 Å². The van der Waals surface area contributed by atoms with Gasteiger partial charge in [0.2, 0.25) is 0 Å². The second-order valence-electron chi connectivity index (χ2n) is 4.35. The second kappa shape index (κ2) is 5.21. The molecule has 1 heterocycles. The minimum Gasteiger partial charge on any atom is -0.330 e. The van der Waals surface area contributed by atoms with Gasteiger partial charge in [0, 0.05) is 9.90 Å². The summed E-state index contributed by atoms with van der Waals surface area (Å²) in [6.45, 7) is 4.85. The molecular weight excluding hydrogens is 250 g/mol. The van der Waals surface area contributed by atoms with Gasteiger partial charge in [0.25, 0.3) is 0 Å². The van der Waals surface area contributed by atoms with E-state index >= 15 is 0 Å². The fraction of sp³-hybridized carbons (Fsp3) is 0.286. The molecule has 0 bridgehead atoms. The first-order valence-electron chi connectivity index (χ1n) is 5.67. The van der Waals surface area contributed by atoms with Crippen molar-refractivity contribution in [3.8, 4) is 10.4 Å². The number of thiophene rings is 1. The molecule has 3 heteroatoms. The van der Waals surface area contributed by atoms with Gasteiger partial charge in [-0.3, -0.25) is 0 Å². The average Bonchev–Trinajstić information content (AvgIpc) is 2.81. The van der Waals surface area contributed by atoms with Crippen LogP contribution in [0.1, 0.15) is 24.0 Å². The van der Waals surface area contributed by atoms with Crippen molar-refractivity contribution in [2.24, 2.45) is 5.73 Å². The molecule has 17 heavy (non-hydrogen) atoms. The predicted molar refractivity (Wildman–Crippen MR) is 77.0 cm³/mol. The van der Waals surface area contributed by atoms with Gasteiger partial charge in [-0.05, 0) is 53.6 Å². The van der Waals surface area contributed by atoms with E-state index in [1.807, 2.05) is 13.0 Å². The SMILES string of the molecule is Cc1ccc(-c2cc(C(C)CN)cs2)cc1Cl. The van der Waals surface area contributed by atoms with Crippen molar-refractivity contribution >= 4 is 22.9 Å². The third-order valence-corrected chi connectivity index (χ3v) is 4.40.